The third-order valence-corrected chi connectivity index (χ3v) is 3.04. The summed E-state index contributed by atoms with van der Waals surface area (Å²) in [7, 11) is -3.55. The van der Waals surface area contributed by atoms with Gasteiger partial charge in [0.1, 0.15) is 4.90 Å². The smallest absolute Gasteiger partial charge is 0.268 e. The van der Waals surface area contributed by atoms with Crippen molar-refractivity contribution in [3.05, 3.63) is 29.8 Å². The number of fused-ring (bicyclic) bond motifs is 1. The zero-order valence-electron chi connectivity index (χ0n) is 6.24. The van der Waals surface area contributed by atoms with Gasteiger partial charge in [-0.15, -0.1) is 0 Å². The van der Waals surface area contributed by atoms with Gasteiger partial charge >= 0.3 is 22.4 Å². The van der Waals surface area contributed by atoms with Crippen molar-refractivity contribution in [3.63, 3.8) is 0 Å². The molecule has 0 unspecified atom stereocenters. The summed E-state index contributed by atoms with van der Waals surface area (Å²) in [6.07, 6.45) is 0. The van der Waals surface area contributed by atoms with Crippen molar-refractivity contribution in [3.8, 4) is 0 Å². The second-order valence-corrected chi connectivity index (χ2v) is 4.08. The normalized spacial score (nSPS) is 17.1. The van der Waals surface area contributed by atoms with Crippen LogP contribution in [0.5, 0.6) is 0 Å². The first-order chi connectivity index (χ1) is 5.61. The van der Waals surface area contributed by atoms with E-state index in [1.165, 1.54) is 12.1 Å². The minimum absolute atomic E-state index is 0. The van der Waals surface area contributed by atoms with Crippen LogP contribution in [0.3, 0.4) is 0 Å². The summed E-state index contributed by atoms with van der Waals surface area (Å²) >= 11 is 0. The number of amides is 1. The maximum Gasteiger partial charge on any atom is 1.00 e. The second kappa shape index (κ2) is 3.26. The fraction of sp³-hybridized carbons (Fsp3) is 0. The minimum atomic E-state index is -3.55. The molecule has 6 heteroatoms. The summed E-state index contributed by atoms with van der Waals surface area (Å²) in [5, 5.41) is 0. The van der Waals surface area contributed by atoms with Gasteiger partial charge in [0, 0.05) is 0 Å². The predicted octanol–water partition coefficient (Wildman–Crippen LogP) is 0.116. The van der Waals surface area contributed by atoms with E-state index in [-0.39, 0.29) is 32.8 Å². The summed E-state index contributed by atoms with van der Waals surface area (Å²) in [6, 6.07) is 6.09. The molecular weight excluding hydrogens is 286 g/mol. The Labute approximate surface area is 90.9 Å². The standard InChI is InChI=1S/C7H5NO3S.Ag/c9-7-5-3-1-2-4-6(5)12(10,11)8-7;/h1-4H,(H,8,9);/q;+1. The molecule has 0 fully saturated rings. The summed E-state index contributed by atoms with van der Waals surface area (Å²) in [5.41, 5.74) is 0.220. The van der Waals surface area contributed by atoms with Crippen LogP contribution >= 0.6 is 0 Å². The largest absolute Gasteiger partial charge is 1.00 e. The molecule has 0 saturated heterocycles. The van der Waals surface area contributed by atoms with Crippen molar-refractivity contribution < 1.29 is 35.6 Å². The quantitative estimate of drug-likeness (QED) is 0.690. The monoisotopic (exact) mass is 290 g/mol. The first-order valence-corrected chi connectivity index (χ1v) is 4.76. The van der Waals surface area contributed by atoms with Crippen LogP contribution in [0.25, 0.3) is 0 Å². The van der Waals surface area contributed by atoms with Crippen LogP contribution in [0.1, 0.15) is 10.4 Å². The van der Waals surface area contributed by atoms with Gasteiger partial charge in [-0.1, -0.05) is 12.1 Å². The first kappa shape index (κ1) is 10.5. The van der Waals surface area contributed by atoms with Gasteiger partial charge in [0.15, 0.2) is 0 Å². The second-order valence-electron chi connectivity index (χ2n) is 2.43. The van der Waals surface area contributed by atoms with Crippen molar-refractivity contribution >= 4 is 15.9 Å². The third-order valence-electron chi connectivity index (χ3n) is 1.65. The number of carbonyl (C=O) groups excluding carboxylic acids is 1. The van der Waals surface area contributed by atoms with E-state index < -0.39 is 15.9 Å². The zero-order chi connectivity index (χ0) is 8.77. The molecule has 2 rings (SSSR count). The Morgan fingerprint density at radius 1 is 1.15 bits per heavy atom. The molecular formula is C7H5AgNO3S+. The maximum atomic E-state index is 11.1. The van der Waals surface area contributed by atoms with Gasteiger partial charge in [0.05, 0.1) is 5.56 Å². The molecule has 1 aliphatic heterocycles. The summed E-state index contributed by atoms with van der Waals surface area (Å²) in [6.45, 7) is 0. The molecule has 1 aromatic rings. The van der Waals surface area contributed by atoms with Crippen LogP contribution in [-0.4, -0.2) is 14.3 Å². The van der Waals surface area contributed by atoms with Crippen LogP contribution in [-0.2, 0) is 32.4 Å². The zero-order valence-corrected chi connectivity index (χ0v) is 8.54. The Morgan fingerprint density at radius 2 is 1.77 bits per heavy atom. The summed E-state index contributed by atoms with van der Waals surface area (Å²) < 4.78 is 24.2. The van der Waals surface area contributed by atoms with Crippen LogP contribution in [0.4, 0.5) is 0 Å². The van der Waals surface area contributed by atoms with E-state index in [1.54, 1.807) is 12.1 Å². The molecule has 0 aliphatic carbocycles. The fourth-order valence-electron chi connectivity index (χ4n) is 1.12. The van der Waals surface area contributed by atoms with E-state index >= 15 is 0 Å². The Bertz CT molecular complexity index is 455. The minimum Gasteiger partial charge on any atom is -0.268 e. The molecule has 1 aromatic carbocycles. The van der Waals surface area contributed by atoms with Crippen molar-refractivity contribution in [1.29, 1.82) is 0 Å². The van der Waals surface area contributed by atoms with Crippen LogP contribution in [0.15, 0.2) is 29.2 Å². The van der Waals surface area contributed by atoms with Crippen LogP contribution in [0, 0.1) is 0 Å². The van der Waals surface area contributed by atoms with Gasteiger partial charge in [-0.2, -0.15) is 0 Å². The number of benzene rings is 1. The van der Waals surface area contributed by atoms with Crippen LogP contribution < -0.4 is 4.72 Å². The third kappa shape index (κ3) is 1.55. The van der Waals surface area contributed by atoms with E-state index in [4.69, 9.17) is 0 Å². The molecule has 0 bridgehead atoms. The van der Waals surface area contributed by atoms with Gasteiger partial charge in [0.2, 0.25) is 0 Å². The Balaban J connectivity index is 0.000000845. The molecule has 1 heterocycles. The molecule has 0 aromatic heterocycles. The number of nitrogens with one attached hydrogen (secondary N) is 1. The van der Waals surface area contributed by atoms with Crippen molar-refractivity contribution in [2.75, 3.05) is 0 Å². The molecule has 0 atom stereocenters. The predicted molar refractivity (Wildman–Crippen MR) is 41.1 cm³/mol. The van der Waals surface area contributed by atoms with Gasteiger partial charge in [-0.25, -0.2) is 13.1 Å². The molecule has 1 aliphatic rings. The maximum absolute atomic E-state index is 11.1. The number of sulfonamides is 1. The molecule has 13 heavy (non-hydrogen) atoms. The summed E-state index contributed by atoms with van der Waals surface area (Å²) in [5.74, 6) is -0.550. The Hall–Kier alpha value is -0.620. The van der Waals surface area contributed by atoms with E-state index in [0.717, 1.165) is 0 Å². The first-order valence-electron chi connectivity index (χ1n) is 3.27. The SMILES string of the molecule is O=C1NS(=O)(=O)c2ccccc21.[Ag+]. The molecule has 0 spiro atoms. The van der Waals surface area contributed by atoms with Crippen LogP contribution in [0.2, 0.25) is 0 Å². The number of hydrogen-bond donors (Lipinski definition) is 1. The van der Waals surface area contributed by atoms with Crippen molar-refractivity contribution in [2.24, 2.45) is 0 Å². The molecule has 0 radical (unpaired) electrons. The number of carbonyl (C=O) groups is 1. The summed E-state index contributed by atoms with van der Waals surface area (Å²) in [4.78, 5) is 11.1. The van der Waals surface area contributed by atoms with E-state index in [1.807, 2.05) is 4.72 Å². The number of rotatable bonds is 0. The topological polar surface area (TPSA) is 63.2 Å². The fourth-order valence-corrected chi connectivity index (χ4v) is 2.29. The molecule has 0 saturated carbocycles. The van der Waals surface area contributed by atoms with E-state index in [9.17, 15) is 13.2 Å². The average Bonchev–Trinajstić information content (AvgIpc) is 2.25. The van der Waals surface area contributed by atoms with Gasteiger partial charge in [0.25, 0.3) is 15.9 Å². The van der Waals surface area contributed by atoms with E-state index in [2.05, 4.69) is 0 Å². The van der Waals surface area contributed by atoms with E-state index in [0.29, 0.717) is 0 Å². The van der Waals surface area contributed by atoms with Gasteiger partial charge < -0.3 is 0 Å². The van der Waals surface area contributed by atoms with Crippen molar-refractivity contribution in [1.82, 2.24) is 4.72 Å². The molecule has 72 valence electrons. The Morgan fingerprint density at radius 3 is 2.38 bits per heavy atom. The van der Waals surface area contributed by atoms with Crippen molar-refractivity contribution in [2.45, 2.75) is 4.90 Å². The van der Waals surface area contributed by atoms with Gasteiger partial charge in [-0.05, 0) is 12.1 Å². The molecule has 1 N–H and O–H groups in total. The molecule has 1 amide bonds. The molecule has 4 nitrogen and oxygen atoms in total. The Kier molecular flexibility index (Phi) is 2.63. The average molecular weight is 291 g/mol. The van der Waals surface area contributed by atoms with Gasteiger partial charge in [-0.3, -0.25) is 4.79 Å². The number of hydrogen-bond acceptors (Lipinski definition) is 3.